The molecule has 9 heteroatoms. The van der Waals surface area contributed by atoms with Crippen LogP contribution in [0.1, 0.15) is 12.6 Å². The predicted molar refractivity (Wildman–Crippen MR) is 90.5 cm³/mol. The Bertz CT molecular complexity index is 669. The van der Waals surface area contributed by atoms with E-state index in [2.05, 4.69) is 37.2 Å². The third kappa shape index (κ3) is 3.73. The highest BCUT2D eigenvalue weighted by Gasteiger charge is 2.16. The van der Waals surface area contributed by atoms with Crippen molar-refractivity contribution in [2.24, 2.45) is 7.05 Å². The summed E-state index contributed by atoms with van der Waals surface area (Å²) in [5.74, 6) is 2.00. The van der Waals surface area contributed by atoms with Gasteiger partial charge in [0.05, 0.1) is 13.2 Å². The number of nitrogens with one attached hydrogen (secondary N) is 1. The van der Waals surface area contributed by atoms with E-state index >= 15 is 0 Å². The van der Waals surface area contributed by atoms with Gasteiger partial charge < -0.3 is 15.0 Å². The van der Waals surface area contributed by atoms with Crippen molar-refractivity contribution in [3.05, 3.63) is 11.8 Å². The van der Waals surface area contributed by atoms with Crippen LogP contribution in [0.3, 0.4) is 0 Å². The van der Waals surface area contributed by atoms with E-state index in [-0.39, 0.29) is 0 Å². The van der Waals surface area contributed by atoms with Crippen LogP contribution in [0.15, 0.2) is 11.2 Å². The summed E-state index contributed by atoms with van der Waals surface area (Å²) >= 11 is 1.55. The monoisotopic (exact) mass is 335 g/mol. The van der Waals surface area contributed by atoms with E-state index in [0.29, 0.717) is 19.2 Å². The third-order valence-electron chi connectivity index (χ3n) is 3.57. The van der Waals surface area contributed by atoms with Crippen molar-refractivity contribution in [2.45, 2.75) is 18.5 Å². The SMILES string of the molecule is CCc1cc(Nc2nc(SC)n(C)n2)nc(N2CCOCC2)n1. The Hall–Kier alpha value is -1.87. The fourth-order valence-electron chi connectivity index (χ4n) is 2.35. The Kier molecular flexibility index (Phi) is 4.97. The molecule has 23 heavy (non-hydrogen) atoms. The van der Waals surface area contributed by atoms with Gasteiger partial charge in [-0.25, -0.2) is 9.67 Å². The fourth-order valence-corrected chi connectivity index (χ4v) is 2.83. The molecule has 1 fully saturated rings. The molecule has 2 aromatic heterocycles. The molecule has 1 saturated heterocycles. The highest BCUT2D eigenvalue weighted by molar-refractivity contribution is 7.98. The van der Waals surface area contributed by atoms with Crippen molar-refractivity contribution >= 4 is 29.5 Å². The van der Waals surface area contributed by atoms with Gasteiger partial charge in [-0.2, -0.15) is 9.97 Å². The topological polar surface area (TPSA) is 81.0 Å². The summed E-state index contributed by atoms with van der Waals surface area (Å²) in [4.78, 5) is 15.8. The van der Waals surface area contributed by atoms with Crippen molar-refractivity contribution in [2.75, 3.05) is 42.8 Å². The fraction of sp³-hybridized carbons (Fsp3) is 0.571. The number of anilines is 3. The number of hydrogen-bond acceptors (Lipinski definition) is 8. The molecule has 1 aliphatic heterocycles. The zero-order valence-electron chi connectivity index (χ0n) is 13.6. The summed E-state index contributed by atoms with van der Waals surface area (Å²) in [7, 11) is 1.88. The van der Waals surface area contributed by atoms with Crippen LogP contribution in [0.25, 0.3) is 0 Å². The van der Waals surface area contributed by atoms with E-state index < -0.39 is 0 Å². The highest BCUT2D eigenvalue weighted by atomic mass is 32.2. The lowest BCUT2D eigenvalue weighted by atomic mass is 10.3. The number of ether oxygens (including phenoxy) is 1. The Morgan fingerprint density at radius 1 is 1.26 bits per heavy atom. The van der Waals surface area contributed by atoms with Gasteiger partial charge in [0.2, 0.25) is 11.9 Å². The summed E-state index contributed by atoms with van der Waals surface area (Å²) in [5, 5.41) is 8.39. The van der Waals surface area contributed by atoms with E-state index in [9.17, 15) is 0 Å². The lowest BCUT2D eigenvalue weighted by Gasteiger charge is -2.27. The lowest BCUT2D eigenvalue weighted by molar-refractivity contribution is 0.122. The molecular formula is C14H21N7OS. The predicted octanol–water partition coefficient (Wildman–Crippen LogP) is 1.47. The second kappa shape index (κ2) is 7.14. The van der Waals surface area contributed by atoms with Crippen LogP contribution >= 0.6 is 11.8 Å². The van der Waals surface area contributed by atoms with E-state index in [0.717, 1.165) is 42.1 Å². The van der Waals surface area contributed by atoms with E-state index in [1.165, 1.54) is 0 Å². The number of rotatable bonds is 5. The first kappa shape index (κ1) is 16.0. The maximum absolute atomic E-state index is 5.39. The summed E-state index contributed by atoms with van der Waals surface area (Å²) < 4.78 is 7.14. The number of aryl methyl sites for hydroxylation is 2. The molecule has 1 N–H and O–H groups in total. The minimum atomic E-state index is 0.547. The van der Waals surface area contributed by atoms with Gasteiger partial charge in [0.1, 0.15) is 5.82 Å². The maximum atomic E-state index is 5.39. The van der Waals surface area contributed by atoms with Crippen LogP contribution in [-0.4, -0.2) is 57.3 Å². The smallest absolute Gasteiger partial charge is 0.248 e. The Morgan fingerprint density at radius 3 is 2.70 bits per heavy atom. The first-order valence-electron chi connectivity index (χ1n) is 7.62. The molecule has 124 valence electrons. The largest absolute Gasteiger partial charge is 0.378 e. The third-order valence-corrected chi connectivity index (χ3v) is 4.29. The molecule has 1 aliphatic rings. The molecular weight excluding hydrogens is 314 g/mol. The van der Waals surface area contributed by atoms with Crippen molar-refractivity contribution < 1.29 is 4.74 Å². The molecule has 0 aromatic carbocycles. The Morgan fingerprint density at radius 2 is 2.04 bits per heavy atom. The number of hydrogen-bond donors (Lipinski definition) is 1. The Balaban J connectivity index is 1.85. The summed E-state index contributed by atoms with van der Waals surface area (Å²) in [6.45, 7) is 5.12. The average molecular weight is 335 g/mol. The van der Waals surface area contributed by atoms with Gasteiger partial charge in [-0.1, -0.05) is 18.7 Å². The lowest BCUT2D eigenvalue weighted by Crippen LogP contribution is -2.37. The van der Waals surface area contributed by atoms with Crippen molar-refractivity contribution in [1.82, 2.24) is 24.7 Å². The molecule has 0 aliphatic carbocycles. The van der Waals surface area contributed by atoms with Crippen LogP contribution in [0.5, 0.6) is 0 Å². The quantitative estimate of drug-likeness (QED) is 0.823. The van der Waals surface area contributed by atoms with Gasteiger partial charge in [0, 0.05) is 31.9 Å². The summed E-state index contributed by atoms with van der Waals surface area (Å²) in [6, 6.07) is 1.94. The first-order chi connectivity index (χ1) is 11.2. The van der Waals surface area contributed by atoms with Gasteiger partial charge in [0.15, 0.2) is 5.16 Å². The standard InChI is InChI=1S/C14H21N7OS/c1-4-10-9-11(16-12-18-14(23-3)20(2)19-12)17-13(15-10)21-5-7-22-8-6-21/h9H,4-8H2,1-3H3,(H,15,16,17,19). The van der Waals surface area contributed by atoms with Crippen molar-refractivity contribution in [1.29, 1.82) is 0 Å². The molecule has 0 unspecified atom stereocenters. The van der Waals surface area contributed by atoms with Crippen LogP contribution in [0.2, 0.25) is 0 Å². The molecule has 0 saturated carbocycles. The molecule has 0 atom stereocenters. The normalized spacial score (nSPS) is 15.0. The number of thioether (sulfide) groups is 1. The van der Waals surface area contributed by atoms with Gasteiger partial charge in [-0.05, 0) is 12.7 Å². The molecule has 0 radical (unpaired) electrons. The van der Waals surface area contributed by atoms with Crippen LogP contribution in [0, 0.1) is 0 Å². The van der Waals surface area contributed by atoms with Gasteiger partial charge in [-0.15, -0.1) is 5.10 Å². The van der Waals surface area contributed by atoms with Crippen molar-refractivity contribution in [3.63, 3.8) is 0 Å². The van der Waals surface area contributed by atoms with Crippen LogP contribution in [0.4, 0.5) is 17.7 Å². The molecule has 8 nitrogen and oxygen atoms in total. The molecule has 3 rings (SSSR count). The van der Waals surface area contributed by atoms with Gasteiger partial charge >= 0.3 is 0 Å². The minimum Gasteiger partial charge on any atom is -0.378 e. The number of nitrogens with zero attached hydrogens (tertiary/aromatic N) is 6. The molecule has 3 heterocycles. The van der Waals surface area contributed by atoms with Gasteiger partial charge in [-0.3, -0.25) is 0 Å². The zero-order valence-corrected chi connectivity index (χ0v) is 14.4. The van der Waals surface area contributed by atoms with Crippen molar-refractivity contribution in [3.8, 4) is 0 Å². The molecule has 0 spiro atoms. The molecule has 0 bridgehead atoms. The first-order valence-corrected chi connectivity index (χ1v) is 8.84. The number of aromatic nitrogens is 5. The molecule has 0 amide bonds. The van der Waals surface area contributed by atoms with E-state index in [4.69, 9.17) is 4.74 Å². The zero-order chi connectivity index (χ0) is 16.2. The Labute approximate surface area is 139 Å². The van der Waals surface area contributed by atoms with Crippen LogP contribution in [-0.2, 0) is 18.2 Å². The second-order valence-electron chi connectivity index (χ2n) is 5.17. The second-order valence-corrected chi connectivity index (χ2v) is 5.94. The summed E-state index contributed by atoms with van der Waals surface area (Å²) in [6.07, 6.45) is 2.82. The van der Waals surface area contributed by atoms with E-state index in [1.54, 1.807) is 16.4 Å². The number of morpholine rings is 1. The highest BCUT2D eigenvalue weighted by Crippen LogP contribution is 2.20. The molecule has 2 aromatic rings. The van der Waals surface area contributed by atoms with Gasteiger partial charge in [0.25, 0.3) is 0 Å². The van der Waals surface area contributed by atoms with E-state index in [1.807, 2.05) is 19.4 Å². The maximum Gasteiger partial charge on any atom is 0.248 e. The van der Waals surface area contributed by atoms with Crippen LogP contribution < -0.4 is 10.2 Å². The minimum absolute atomic E-state index is 0.547. The summed E-state index contributed by atoms with van der Waals surface area (Å²) in [5.41, 5.74) is 0.991. The average Bonchev–Trinajstić information content (AvgIpc) is 2.94.